The summed E-state index contributed by atoms with van der Waals surface area (Å²) in [7, 11) is 0. The predicted octanol–water partition coefficient (Wildman–Crippen LogP) is 6.36. The molecule has 0 amide bonds. The summed E-state index contributed by atoms with van der Waals surface area (Å²) in [5, 5.41) is 10.5. The number of nitriles is 1. The molecule has 3 rings (SSSR count). The average molecular weight is 413 g/mol. The second kappa shape index (κ2) is 8.72. The minimum atomic E-state index is -4.73. The molecule has 0 spiro atoms. The van der Waals surface area contributed by atoms with Gasteiger partial charge in [0.25, 0.3) is 0 Å². The molecule has 0 saturated heterocycles. The summed E-state index contributed by atoms with van der Waals surface area (Å²) in [4.78, 5) is 0.269. The van der Waals surface area contributed by atoms with E-state index in [-0.39, 0.29) is 10.6 Å². The molecule has 0 bridgehead atoms. The SMILES string of the molecule is N#CSc1ccc(-c2ccc(C#Cc3ccc(OC(F)(F)F)cc3)cc2)cc1F. The normalized spacial score (nSPS) is 10.6. The van der Waals surface area contributed by atoms with E-state index in [0.29, 0.717) is 16.7 Å². The van der Waals surface area contributed by atoms with Crippen LogP contribution in [0.5, 0.6) is 5.75 Å². The molecule has 3 aromatic carbocycles. The lowest BCUT2D eigenvalue weighted by molar-refractivity contribution is -0.274. The lowest BCUT2D eigenvalue weighted by atomic mass is 10.0. The van der Waals surface area contributed by atoms with Crippen LogP contribution in [0.1, 0.15) is 11.1 Å². The highest BCUT2D eigenvalue weighted by molar-refractivity contribution is 8.03. The molecule has 0 saturated carbocycles. The van der Waals surface area contributed by atoms with Gasteiger partial charge in [0, 0.05) is 11.1 Å². The van der Waals surface area contributed by atoms with E-state index in [4.69, 9.17) is 5.26 Å². The third-order valence-corrected chi connectivity index (χ3v) is 4.39. The smallest absolute Gasteiger partial charge is 0.406 e. The van der Waals surface area contributed by atoms with Crippen LogP contribution in [0.4, 0.5) is 17.6 Å². The molecule has 0 aliphatic rings. The van der Waals surface area contributed by atoms with Crippen molar-refractivity contribution in [3.05, 3.63) is 83.7 Å². The predicted molar refractivity (Wildman–Crippen MR) is 102 cm³/mol. The first-order valence-corrected chi connectivity index (χ1v) is 8.99. The van der Waals surface area contributed by atoms with Gasteiger partial charge in [-0.15, -0.1) is 13.2 Å². The van der Waals surface area contributed by atoms with Crippen LogP contribution in [-0.2, 0) is 0 Å². The van der Waals surface area contributed by atoms with Crippen LogP contribution in [-0.4, -0.2) is 6.36 Å². The van der Waals surface area contributed by atoms with Crippen molar-refractivity contribution >= 4 is 11.8 Å². The first-order valence-electron chi connectivity index (χ1n) is 8.18. The van der Waals surface area contributed by atoms with Crippen LogP contribution in [0.2, 0.25) is 0 Å². The molecule has 0 fully saturated rings. The van der Waals surface area contributed by atoms with Gasteiger partial charge in [0.2, 0.25) is 0 Å². The van der Waals surface area contributed by atoms with E-state index in [1.165, 1.54) is 30.3 Å². The number of thioether (sulfide) groups is 1. The highest BCUT2D eigenvalue weighted by atomic mass is 32.2. The zero-order chi connectivity index (χ0) is 20.9. The van der Waals surface area contributed by atoms with Gasteiger partial charge in [-0.1, -0.05) is 30.0 Å². The Morgan fingerprint density at radius 1 is 0.793 bits per heavy atom. The highest BCUT2D eigenvalue weighted by Gasteiger charge is 2.30. The van der Waals surface area contributed by atoms with E-state index in [0.717, 1.165) is 17.3 Å². The minimum absolute atomic E-state index is 0.269. The largest absolute Gasteiger partial charge is 0.573 e. The highest BCUT2D eigenvalue weighted by Crippen LogP contribution is 2.27. The molecule has 0 atom stereocenters. The Labute approximate surface area is 168 Å². The molecule has 0 aliphatic carbocycles. The number of nitrogens with zero attached hydrogens (tertiary/aromatic N) is 1. The van der Waals surface area contributed by atoms with Crippen molar-refractivity contribution in [3.63, 3.8) is 0 Å². The Kier molecular flexibility index (Phi) is 6.11. The fraction of sp³-hybridized carbons (Fsp3) is 0.0455. The van der Waals surface area contributed by atoms with Crippen LogP contribution >= 0.6 is 11.8 Å². The van der Waals surface area contributed by atoms with Crippen LogP contribution in [0, 0.1) is 28.3 Å². The lowest BCUT2D eigenvalue weighted by Crippen LogP contribution is -2.16. The molecule has 2 nitrogen and oxygen atoms in total. The van der Waals surface area contributed by atoms with Gasteiger partial charge in [-0.05, 0) is 71.4 Å². The van der Waals surface area contributed by atoms with Crippen LogP contribution in [0.25, 0.3) is 11.1 Å². The fourth-order valence-electron chi connectivity index (χ4n) is 2.44. The zero-order valence-electron chi connectivity index (χ0n) is 14.6. The molecule has 29 heavy (non-hydrogen) atoms. The Balaban J connectivity index is 1.72. The van der Waals surface area contributed by atoms with E-state index in [2.05, 4.69) is 16.6 Å². The van der Waals surface area contributed by atoms with Crippen molar-refractivity contribution < 1.29 is 22.3 Å². The number of thiocyanates is 1. The molecule has 0 aromatic heterocycles. The first kappa shape index (κ1) is 20.3. The Hall–Kier alpha value is -3.42. The maximum absolute atomic E-state index is 14.0. The number of halogens is 4. The molecule has 0 aliphatic heterocycles. The topological polar surface area (TPSA) is 33.0 Å². The first-order chi connectivity index (χ1) is 13.8. The number of hydrogen-bond acceptors (Lipinski definition) is 3. The molecule has 7 heteroatoms. The van der Waals surface area contributed by atoms with Gasteiger partial charge in [0.1, 0.15) is 17.0 Å². The third kappa shape index (κ3) is 5.78. The summed E-state index contributed by atoms with van der Waals surface area (Å²) < 4.78 is 54.3. The standard InChI is InChI=1S/C22H11F4NOS/c23-20-13-18(9-12-21(20)29-14-27)17-7-3-15(4-8-17)1-2-16-5-10-19(11-6-16)28-22(24,25)26/h3-13H. The van der Waals surface area contributed by atoms with E-state index in [1.54, 1.807) is 36.4 Å². The second-order valence-corrected chi connectivity index (χ2v) is 6.56. The van der Waals surface area contributed by atoms with Crippen LogP contribution < -0.4 is 4.74 Å². The third-order valence-electron chi connectivity index (χ3n) is 3.74. The quantitative estimate of drug-likeness (QED) is 0.217. The van der Waals surface area contributed by atoms with Gasteiger partial charge in [0.05, 0.1) is 4.90 Å². The summed E-state index contributed by atoms with van der Waals surface area (Å²) in [6.45, 7) is 0. The van der Waals surface area contributed by atoms with Gasteiger partial charge in [-0.25, -0.2) is 4.39 Å². The number of rotatable bonds is 3. The number of hydrogen-bond donors (Lipinski definition) is 0. The van der Waals surface area contributed by atoms with Crippen molar-refractivity contribution in [1.29, 1.82) is 5.26 Å². The molecule has 0 unspecified atom stereocenters. The summed E-state index contributed by atoms with van der Waals surface area (Å²) in [6.07, 6.45) is -4.73. The maximum atomic E-state index is 14.0. The summed E-state index contributed by atoms with van der Waals surface area (Å²) in [6, 6.07) is 17.0. The zero-order valence-corrected chi connectivity index (χ0v) is 15.4. The average Bonchev–Trinajstić information content (AvgIpc) is 2.68. The van der Waals surface area contributed by atoms with Crippen molar-refractivity contribution in [2.75, 3.05) is 0 Å². The second-order valence-electron chi connectivity index (χ2n) is 5.74. The fourth-order valence-corrected chi connectivity index (χ4v) is 2.83. The minimum Gasteiger partial charge on any atom is -0.406 e. The number of ether oxygens (including phenoxy) is 1. The van der Waals surface area contributed by atoms with Gasteiger partial charge < -0.3 is 4.74 Å². The van der Waals surface area contributed by atoms with E-state index < -0.39 is 12.2 Å². The number of benzene rings is 3. The molecule has 0 radical (unpaired) electrons. The summed E-state index contributed by atoms with van der Waals surface area (Å²) >= 11 is 0.765. The van der Waals surface area contributed by atoms with Gasteiger partial charge in [-0.2, -0.15) is 5.26 Å². The molecule has 0 heterocycles. The van der Waals surface area contributed by atoms with Crippen molar-refractivity contribution in [2.45, 2.75) is 11.3 Å². The molecule has 144 valence electrons. The Bertz CT molecular complexity index is 1110. The van der Waals surface area contributed by atoms with E-state index in [1.807, 2.05) is 5.40 Å². The summed E-state index contributed by atoms with van der Waals surface area (Å²) in [5.74, 6) is 5.01. The Morgan fingerprint density at radius 2 is 1.34 bits per heavy atom. The van der Waals surface area contributed by atoms with Crippen molar-refractivity contribution in [1.82, 2.24) is 0 Å². The maximum Gasteiger partial charge on any atom is 0.573 e. The van der Waals surface area contributed by atoms with Gasteiger partial charge >= 0.3 is 6.36 Å². The van der Waals surface area contributed by atoms with Crippen molar-refractivity contribution in [3.8, 4) is 34.1 Å². The molecule has 0 N–H and O–H groups in total. The Morgan fingerprint density at radius 3 is 1.86 bits per heavy atom. The number of alkyl halides is 3. The molecular weight excluding hydrogens is 402 g/mol. The van der Waals surface area contributed by atoms with E-state index >= 15 is 0 Å². The monoisotopic (exact) mass is 413 g/mol. The van der Waals surface area contributed by atoms with E-state index in [9.17, 15) is 17.6 Å². The van der Waals surface area contributed by atoms with Gasteiger partial charge in [-0.3, -0.25) is 0 Å². The van der Waals surface area contributed by atoms with Crippen LogP contribution in [0.15, 0.2) is 71.6 Å². The lowest BCUT2D eigenvalue weighted by Gasteiger charge is -2.08. The van der Waals surface area contributed by atoms with Crippen molar-refractivity contribution in [2.24, 2.45) is 0 Å². The van der Waals surface area contributed by atoms with Gasteiger partial charge in [0.15, 0.2) is 0 Å². The molecule has 3 aromatic rings. The van der Waals surface area contributed by atoms with Crippen LogP contribution in [0.3, 0.4) is 0 Å². The summed E-state index contributed by atoms with van der Waals surface area (Å²) in [5.41, 5.74) is 2.69. The molecular formula is C22H11F4NOS.